The summed E-state index contributed by atoms with van der Waals surface area (Å²) in [5.74, 6) is -2.01. The van der Waals surface area contributed by atoms with Gasteiger partial charge >= 0.3 is 5.97 Å². The topological polar surface area (TPSA) is 88.3 Å². The highest BCUT2D eigenvalue weighted by molar-refractivity contribution is 5.92. The predicted octanol–water partition coefficient (Wildman–Crippen LogP) is 2.86. The van der Waals surface area contributed by atoms with Gasteiger partial charge in [0.25, 0.3) is 5.91 Å². The maximum absolute atomic E-state index is 14.2. The maximum atomic E-state index is 14.2. The van der Waals surface area contributed by atoms with E-state index >= 15 is 0 Å². The first-order chi connectivity index (χ1) is 12.3. The number of hydrogen-bond acceptors (Lipinski definition) is 4. The van der Waals surface area contributed by atoms with Crippen LogP contribution in [0.4, 0.5) is 4.39 Å². The Kier molecular flexibility index (Phi) is 6.07. The van der Waals surface area contributed by atoms with Gasteiger partial charge in [-0.3, -0.25) is 9.59 Å². The number of para-hydroxylation sites is 1. The molecule has 7 nitrogen and oxygen atoms in total. The van der Waals surface area contributed by atoms with Gasteiger partial charge in [0, 0.05) is 12.0 Å². The smallest absolute Gasteiger partial charge is 0.323 e. The zero-order chi connectivity index (χ0) is 19.4. The van der Waals surface area contributed by atoms with Crippen molar-refractivity contribution >= 4 is 11.9 Å². The summed E-state index contributed by atoms with van der Waals surface area (Å²) in [7, 11) is 0. The number of halogens is 1. The molecule has 140 valence electrons. The summed E-state index contributed by atoms with van der Waals surface area (Å²) >= 11 is 0. The molecule has 26 heavy (non-hydrogen) atoms. The molecule has 1 heterocycles. The molecule has 1 N–H and O–H groups in total. The number of aliphatic carboxylic acids is 1. The third-order valence-electron chi connectivity index (χ3n) is 4.11. The van der Waals surface area contributed by atoms with E-state index in [9.17, 15) is 14.0 Å². The van der Waals surface area contributed by atoms with Crippen molar-refractivity contribution in [2.75, 3.05) is 6.54 Å². The van der Waals surface area contributed by atoms with Crippen molar-refractivity contribution < 1.29 is 19.1 Å². The van der Waals surface area contributed by atoms with E-state index in [2.05, 4.69) is 10.1 Å². The fourth-order valence-corrected chi connectivity index (χ4v) is 2.51. The van der Waals surface area contributed by atoms with Crippen LogP contribution in [-0.2, 0) is 4.79 Å². The summed E-state index contributed by atoms with van der Waals surface area (Å²) in [4.78, 5) is 29.4. The lowest BCUT2D eigenvalue weighted by Crippen LogP contribution is -2.42. The summed E-state index contributed by atoms with van der Waals surface area (Å²) in [6, 6.07) is 5.80. The minimum atomic E-state index is -1.11. The summed E-state index contributed by atoms with van der Waals surface area (Å²) in [6.45, 7) is 6.90. The fraction of sp³-hybridized carbons (Fsp3) is 0.444. The van der Waals surface area contributed by atoms with Crippen molar-refractivity contribution in [1.29, 1.82) is 0 Å². The fourth-order valence-electron chi connectivity index (χ4n) is 2.51. The minimum absolute atomic E-state index is 0.111. The van der Waals surface area contributed by atoms with Gasteiger partial charge in [-0.25, -0.2) is 14.1 Å². The SMILES string of the molecule is CCC(C)N(CC(=O)O)C(=O)c1nc(C(C)C)n(-c2ccccc2F)n1. The van der Waals surface area contributed by atoms with E-state index in [-0.39, 0.29) is 23.5 Å². The molecule has 0 fully saturated rings. The van der Waals surface area contributed by atoms with E-state index in [1.54, 1.807) is 25.1 Å². The normalized spacial score (nSPS) is 12.2. The first-order valence-electron chi connectivity index (χ1n) is 8.50. The van der Waals surface area contributed by atoms with E-state index in [0.29, 0.717) is 12.2 Å². The van der Waals surface area contributed by atoms with Crippen LogP contribution in [0, 0.1) is 5.82 Å². The Morgan fingerprint density at radius 1 is 1.27 bits per heavy atom. The largest absolute Gasteiger partial charge is 0.480 e. The second kappa shape index (κ2) is 8.07. The van der Waals surface area contributed by atoms with Crippen molar-refractivity contribution in [3.05, 3.63) is 41.7 Å². The highest BCUT2D eigenvalue weighted by atomic mass is 19.1. The van der Waals surface area contributed by atoms with Crippen molar-refractivity contribution in [2.24, 2.45) is 0 Å². The second-order valence-corrected chi connectivity index (χ2v) is 6.40. The number of aromatic nitrogens is 3. The number of rotatable bonds is 7. The number of carbonyl (C=O) groups is 2. The standard InChI is InChI=1S/C18H23FN4O3/c1-5-12(4)22(10-15(24)25)18(26)16-20-17(11(2)3)23(21-16)14-9-7-6-8-13(14)19/h6-9,11-12H,5,10H2,1-4H3,(H,24,25). The number of benzene rings is 1. The van der Waals surface area contributed by atoms with Crippen LogP contribution in [0.5, 0.6) is 0 Å². The third-order valence-corrected chi connectivity index (χ3v) is 4.11. The molecule has 8 heteroatoms. The summed E-state index contributed by atoms with van der Waals surface area (Å²) in [5, 5.41) is 13.3. The lowest BCUT2D eigenvalue weighted by Gasteiger charge is -2.25. The van der Waals surface area contributed by atoms with Crippen molar-refractivity contribution in [3.8, 4) is 5.69 Å². The molecule has 0 radical (unpaired) electrons. The number of hydrogen-bond donors (Lipinski definition) is 1. The average Bonchev–Trinajstić information content (AvgIpc) is 3.04. The Balaban J connectivity index is 2.50. The lowest BCUT2D eigenvalue weighted by molar-refractivity contribution is -0.138. The predicted molar refractivity (Wildman–Crippen MR) is 93.8 cm³/mol. The molecule has 0 spiro atoms. The molecule has 0 saturated carbocycles. The van der Waals surface area contributed by atoms with Crippen LogP contribution in [0.15, 0.2) is 24.3 Å². The van der Waals surface area contributed by atoms with Crippen LogP contribution in [0.1, 0.15) is 56.5 Å². The van der Waals surface area contributed by atoms with E-state index in [1.807, 2.05) is 20.8 Å². The van der Waals surface area contributed by atoms with Gasteiger partial charge in [0.2, 0.25) is 5.82 Å². The van der Waals surface area contributed by atoms with Crippen LogP contribution in [0.2, 0.25) is 0 Å². The minimum Gasteiger partial charge on any atom is -0.480 e. The van der Waals surface area contributed by atoms with Crippen LogP contribution >= 0.6 is 0 Å². The molecule has 0 saturated heterocycles. The molecule has 0 aliphatic heterocycles. The van der Waals surface area contributed by atoms with Crippen LogP contribution < -0.4 is 0 Å². The first kappa shape index (κ1) is 19.6. The second-order valence-electron chi connectivity index (χ2n) is 6.40. The number of carbonyl (C=O) groups excluding carboxylic acids is 1. The Bertz CT molecular complexity index is 803. The van der Waals surface area contributed by atoms with Crippen LogP contribution in [0.25, 0.3) is 5.69 Å². The summed E-state index contributed by atoms with van der Waals surface area (Å²) < 4.78 is 15.5. The zero-order valence-corrected chi connectivity index (χ0v) is 15.3. The van der Waals surface area contributed by atoms with Gasteiger partial charge in [-0.15, -0.1) is 5.10 Å². The molecular formula is C18H23FN4O3. The van der Waals surface area contributed by atoms with E-state index in [0.717, 1.165) is 0 Å². The number of nitrogens with zero attached hydrogens (tertiary/aromatic N) is 4. The Morgan fingerprint density at radius 3 is 2.46 bits per heavy atom. The molecule has 1 unspecified atom stereocenters. The molecule has 2 aromatic rings. The molecular weight excluding hydrogens is 339 g/mol. The zero-order valence-electron chi connectivity index (χ0n) is 15.3. The van der Waals surface area contributed by atoms with Crippen molar-refractivity contribution in [2.45, 2.75) is 46.1 Å². The van der Waals surface area contributed by atoms with Gasteiger partial charge in [0.15, 0.2) is 0 Å². The van der Waals surface area contributed by atoms with Gasteiger partial charge in [0.1, 0.15) is 23.9 Å². The summed E-state index contributed by atoms with van der Waals surface area (Å²) in [6.07, 6.45) is 0.587. The van der Waals surface area contributed by atoms with Gasteiger partial charge in [0.05, 0.1) is 0 Å². The van der Waals surface area contributed by atoms with Crippen LogP contribution in [-0.4, -0.2) is 49.2 Å². The Labute approximate surface area is 151 Å². The number of carboxylic acid groups (broad SMARTS) is 1. The molecule has 0 aliphatic rings. The van der Waals surface area contributed by atoms with Crippen molar-refractivity contribution in [1.82, 2.24) is 19.7 Å². The molecule has 0 aliphatic carbocycles. The monoisotopic (exact) mass is 362 g/mol. The number of carboxylic acids is 1. The Hall–Kier alpha value is -2.77. The van der Waals surface area contributed by atoms with E-state index in [4.69, 9.17) is 5.11 Å². The maximum Gasteiger partial charge on any atom is 0.323 e. The Morgan fingerprint density at radius 2 is 1.92 bits per heavy atom. The molecule has 1 aromatic heterocycles. The summed E-state index contributed by atoms with van der Waals surface area (Å²) in [5.41, 5.74) is 0.191. The highest BCUT2D eigenvalue weighted by Gasteiger charge is 2.28. The van der Waals surface area contributed by atoms with E-state index in [1.165, 1.54) is 15.6 Å². The van der Waals surface area contributed by atoms with Gasteiger partial charge in [-0.05, 0) is 25.5 Å². The van der Waals surface area contributed by atoms with E-state index < -0.39 is 24.2 Å². The highest BCUT2D eigenvalue weighted by Crippen LogP contribution is 2.20. The number of amides is 1. The molecule has 1 atom stereocenters. The van der Waals surface area contributed by atoms with Crippen molar-refractivity contribution in [3.63, 3.8) is 0 Å². The molecule has 0 bridgehead atoms. The quantitative estimate of drug-likeness (QED) is 0.818. The van der Waals surface area contributed by atoms with Crippen LogP contribution in [0.3, 0.4) is 0 Å². The molecule has 1 aromatic carbocycles. The van der Waals surface area contributed by atoms with Gasteiger partial charge < -0.3 is 10.0 Å². The van der Waals surface area contributed by atoms with Gasteiger partial charge in [-0.2, -0.15) is 0 Å². The molecule has 2 rings (SSSR count). The van der Waals surface area contributed by atoms with Gasteiger partial charge in [-0.1, -0.05) is 32.9 Å². The lowest BCUT2D eigenvalue weighted by atomic mass is 10.2. The first-order valence-corrected chi connectivity index (χ1v) is 8.50. The average molecular weight is 362 g/mol. The third kappa shape index (κ3) is 4.07. The molecule has 1 amide bonds.